The van der Waals surface area contributed by atoms with Crippen LogP contribution in [0.15, 0.2) is 24.3 Å². The van der Waals surface area contributed by atoms with Crippen molar-refractivity contribution >= 4 is 17.8 Å². The molecule has 124 valence electrons. The number of benzene rings is 1. The first-order valence-electron chi connectivity index (χ1n) is 7.43. The highest BCUT2D eigenvalue weighted by Gasteiger charge is 2.34. The Morgan fingerprint density at radius 3 is 2.39 bits per heavy atom. The molecule has 1 aromatic rings. The smallest absolute Gasteiger partial charge is 0.308 e. The number of nitrogens with two attached hydrogens (primary N) is 1. The minimum atomic E-state index is -0.918. The van der Waals surface area contributed by atoms with Crippen LogP contribution in [0.4, 0.5) is 0 Å². The van der Waals surface area contributed by atoms with Crippen LogP contribution in [0.1, 0.15) is 30.1 Å². The van der Waals surface area contributed by atoms with Gasteiger partial charge in [0, 0.05) is 18.2 Å². The summed E-state index contributed by atoms with van der Waals surface area (Å²) < 4.78 is 5.14. The van der Waals surface area contributed by atoms with Crippen LogP contribution in [0.25, 0.3) is 0 Å². The van der Waals surface area contributed by atoms with Crippen LogP contribution < -0.4 is 10.5 Å². The Kier molecular flexibility index (Phi) is 5.20. The maximum atomic E-state index is 12.6. The molecule has 0 saturated heterocycles. The molecule has 1 fully saturated rings. The second-order valence-electron chi connectivity index (χ2n) is 5.71. The van der Waals surface area contributed by atoms with Crippen molar-refractivity contribution in [2.45, 2.75) is 25.8 Å². The van der Waals surface area contributed by atoms with Crippen molar-refractivity contribution in [3.8, 4) is 5.75 Å². The lowest BCUT2D eigenvalue weighted by Gasteiger charge is -2.24. The van der Waals surface area contributed by atoms with Crippen molar-refractivity contribution < 1.29 is 24.2 Å². The highest BCUT2D eigenvalue weighted by Crippen LogP contribution is 2.29. The second kappa shape index (κ2) is 7.13. The molecule has 1 aromatic carbocycles. The Morgan fingerprint density at radius 1 is 1.30 bits per heavy atom. The molecule has 1 atom stereocenters. The Bertz CT molecular complexity index is 595. The molecule has 0 radical (unpaired) electrons. The van der Waals surface area contributed by atoms with E-state index >= 15 is 0 Å². The van der Waals surface area contributed by atoms with E-state index in [1.807, 2.05) is 0 Å². The number of ether oxygens (including phenoxy) is 1. The van der Waals surface area contributed by atoms with Crippen molar-refractivity contribution in [3.05, 3.63) is 29.8 Å². The largest absolute Gasteiger partial charge is 0.484 e. The number of rotatable bonds is 8. The number of hydrogen-bond donors (Lipinski definition) is 2. The maximum Gasteiger partial charge on any atom is 0.308 e. The van der Waals surface area contributed by atoms with Crippen LogP contribution in [-0.4, -0.2) is 47.0 Å². The van der Waals surface area contributed by atoms with E-state index in [-0.39, 0.29) is 25.1 Å². The van der Waals surface area contributed by atoms with Crippen molar-refractivity contribution in [1.82, 2.24) is 4.90 Å². The summed E-state index contributed by atoms with van der Waals surface area (Å²) in [5.41, 5.74) is 5.46. The molecular weight excluding hydrogens is 300 g/mol. The van der Waals surface area contributed by atoms with Gasteiger partial charge < -0.3 is 20.5 Å². The summed E-state index contributed by atoms with van der Waals surface area (Å²) in [7, 11) is 0. The van der Waals surface area contributed by atoms with Gasteiger partial charge in [-0.15, -0.1) is 0 Å². The van der Waals surface area contributed by atoms with Gasteiger partial charge in [-0.2, -0.15) is 0 Å². The van der Waals surface area contributed by atoms with Gasteiger partial charge in [-0.05, 0) is 37.1 Å². The average Bonchev–Trinajstić information content (AvgIpc) is 3.34. The monoisotopic (exact) mass is 320 g/mol. The number of carbonyl (C=O) groups is 3. The van der Waals surface area contributed by atoms with Gasteiger partial charge >= 0.3 is 5.97 Å². The molecule has 0 bridgehead atoms. The summed E-state index contributed by atoms with van der Waals surface area (Å²) >= 11 is 0. The molecule has 1 saturated carbocycles. The fourth-order valence-corrected chi connectivity index (χ4v) is 2.17. The molecule has 0 spiro atoms. The zero-order chi connectivity index (χ0) is 17.0. The Morgan fingerprint density at radius 2 is 1.91 bits per heavy atom. The summed E-state index contributed by atoms with van der Waals surface area (Å²) in [5.74, 6) is -1.86. The third-order valence-corrected chi connectivity index (χ3v) is 3.62. The van der Waals surface area contributed by atoms with Gasteiger partial charge in [0.25, 0.3) is 11.8 Å². The Labute approximate surface area is 134 Å². The molecule has 2 amide bonds. The molecule has 1 unspecified atom stereocenters. The lowest BCUT2D eigenvalue weighted by molar-refractivity contribution is -0.141. The van der Waals surface area contributed by atoms with Crippen molar-refractivity contribution in [2.75, 3.05) is 13.2 Å². The third-order valence-electron chi connectivity index (χ3n) is 3.62. The topological polar surface area (TPSA) is 110 Å². The molecule has 7 heteroatoms. The molecule has 0 heterocycles. The Hall–Kier alpha value is -2.57. The molecule has 0 aliphatic heterocycles. The summed E-state index contributed by atoms with van der Waals surface area (Å²) in [6.45, 7) is 1.56. The van der Waals surface area contributed by atoms with Crippen molar-refractivity contribution in [2.24, 2.45) is 11.7 Å². The lowest BCUT2D eigenvalue weighted by Crippen LogP contribution is -2.38. The van der Waals surface area contributed by atoms with E-state index in [2.05, 4.69) is 0 Å². The average molecular weight is 320 g/mol. The molecule has 3 N–H and O–H groups in total. The molecule has 0 aromatic heterocycles. The van der Waals surface area contributed by atoms with Gasteiger partial charge in [0.05, 0.1) is 5.92 Å². The zero-order valence-corrected chi connectivity index (χ0v) is 12.9. The number of carboxylic acid groups (broad SMARTS) is 1. The summed E-state index contributed by atoms with van der Waals surface area (Å²) in [6, 6.07) is 6.48. The number of carboxylic acids is 1. The zero-order valence-electron chi connectivity index (χ0n) is 12.9. The summed E-state index contributed by atoms with van der Waals surface area (Å²) in [5, 5.41) is 9.03. The van der Waals surface area contributed by atoms with Gasteiger partial charge in [-0.3, -0.25) is 14.4 Å². The molecule has 7 nitrogen and oxygen atoms in total. The normalized spacial score (nSPS) is 14.8. The number of primary amides is 1. The molecule has 1 aliphatic rings. The first-order chi connectivity index (χ1) is 10.9. The van der Waals surface area contributed by atoms with Crippen LogP contribution >= 0.6 is 0 Å². The molecule has 2 rings (SSSR count). The first-order valence-corrected chi connectivity index (χ1v) is 7.43. The molecule has 1 aliphatic carbocycles. The predicted octanol–water partition coefficient (Wildman–Crippen LogP) is 0.876. The predicted molar refractivity (Wildman–Crippen MR) is 82.0 cm³/mol. The van der Waals surface area contributed by atoms with E-state index in [1.165, 1.54) is 0 Å². The number of amides is 2. The highest BCUT2D eigenvalue weighted by atomic mass is 16.5. The number of aliphatic carboxylic acids is 1. The van der Waals surface area contributed by atoms with Crippen molar-refractivity contribution in [1.29, 1.82) is 0 Å². The fourth-order valence-electron chi connectivity index (χ4n) is 2.17. The van der Waals surface area contributed by atoms with Gasteiger partial charge in [0.15, 0.2) is 6.61 Å². The number of nitrogens with zero attached hydrogens (tertiary/aromatic N) is 1. The summed E-state index contributed by atoms with van der Waals surface area (Å²) in [4.78, 5) is 35.9. The van der Waals surface area contributed by atoms with Gasteiger partial charge in [0.1, 0.15) is 5.75 Å². The van der Waals surface area contributed by atoms with E-state index in [0.29, 0.717) is 11.3 Å². The van der Waals surface area contributed by atoms with Crippen LogP contribution in [0.5, 0.6) is 5.75 Å². The first kappa shape index (κ1) is 16.8. The highest BCUT2D eigenvalue weighted by molar-refractivity contribution is 5.95. The lowest BCUT2D eigenvalue weighted by atomic mass is 10.1. The minimum absolute atomic E-state index is 0.120. The van der Waals surface area contributed by atoms with Crippen molar-refractivity contribution in [3.63, 3.8) is 0 Å². The quantitative estimate of drug-likeness (QED) is 0.738. The van der Waals surface area contributed by atoms with E-state index in [0.717, 1.165) is 12.8 Å². The third kappa shape index (κ3) is 4.70. The van der Waals surface area contributed by atoms with E-state index in [9.17, 15) is 14.4 Å². The van der Waals surface area contributed by atoms with E-state index in [4.69, 9.17) is 15.6 Å². The fraction of sp³-hybridized carbons (Fsp3) is 0.438. The number of carbonyl (C=O) groups excluding carboxylic acids is 2. The van der Waals surface area contributed by atoms with Gasteiger partial charge in [0.2, 0.25) is 0 Å². The minimum Gasteiger partial charge on any atom is -0.484 e. The van der Waals surface area contributed by atoms with Crippen LogP contribution in [0, 0.1) is 5.92 Å². The van der Waals surface area contributed by atoms with Crippen LogP contribution in [0.2, 0.25) is 0 Å². The van der Waals surface area contributed by atoms with E-state index in [1.54, 1.807) is 36.1 Å². The molecule has 23 heavy (non-hydrogen) atoms. The van der Waals surface area contributed by atoms with Gasteiger partial charge in [-0.1, -0.05) is 6.92 Å². The van der Waals surface area contributed by atoms with Gasteiger partial charge in [-0.25, -0.2) is 0 Å². The Balaban J connectivity index is 2.04. The standard InChI is InChI=1S/C16H20N2O5/c1-10(16(21)22)8-18(12-4-5-12)15(20)11-2-6-13(7-3-11)23-9-14(17)19/h2-3,6-7,10,12H,4-5,8-9H2,1H3,(H2,17,19)(H,21,22). The molecular formula is C16H20N2O5. The SMILES string of the molecule is CC(CN(C(=O)c1ccc(OCC(N)=O)cc1)C1CC1)C(=O)O. The summed E-state index contributed by atoms with van der Waals surface area (Å²) in [6.07, 6.45) is 1.80. The van der Waals surface area contributed by atoms with E-state index < -0.39 is 17.8 Å². The van der Waals surface area contributed by atoms with Crippen LogP contribution in [0.3, 0.4) is 0 Å². The second-order valence-corrected chi connectivity index (χ2v) is 5.71. The maximum absolute atomic E-state index is 12.6. The number of hydrogen-bond acceptors (Lipinski definition) is 4. The van der Waals surface area contributed by atoms with Crippen LogP contribution in [-0.2, 0) is 9.59 Å².